The summed E-state index contributed by atoms with van der Waals surface area (Å²) < 4.78 is 1.64. The van der Waals surface area contributed by atoms with Crippen LogP contribution in [0.3, 0.4) is 0 Å². The van der Waals surface area contributed by atoms with Crippen molar-refractivity contribution in [2.24, 2.45) is 0 Å². The van der Waals surface area contributed by atoms with E-state index in [1.165, 1.54) is 0 Å². The summed E-state index contributed by atoms with van der Waals surface area (Å²) in [5.41, 5.74) is 1.81. The fourth-order valence-electron chi connectivity index (χ4n) is 2.45. The Hall–Kier alpha value is -2.95. The van der Waals surface area contributed by atoms with Crippen LogP contribution in [-0.2, 0) is 4.79 Å². The molecule has 0 aliphatic heterocycles. The summed E-state index contributed by atoms with van der Waals surface area (Å²) in [6, 6.07) is 15.5. The standard InChI is InChI=1S/C18H18N4O/c1-14(15-7-3-2-4-8-15)13-17(23)21-16-9-5-10-19-18(16)22-12-6-11-20-22/h2-12,14H,13H2,1H3,(H,21,23)/t14-/m1/s1. The first-order valence-corrected chi connectivity index (χ1v) is 7.54. The highest BCUT2D eigenvalue weighted by Crippen LogP contribution is 2.21. The van der Waals surface area contributed by atoms with Gasteiger partial charge < -0.3 is 5.32 Å². The molecule has 3 aromatic rings. The Kier molecular flexibility index (Phi) is 4.47. The van der Waals surface area contributed by atoms with Crippen LogP contribution < -0.4 is 5.32 Å². The Labute approximate surface area is 135 Å². The molecule has 1 N–H and O–H groups in total. The molecule has 3 rings (SSSR count). The molecule has 0 bridgehead atoms. The predicted molar refractivity (Wildman–Crippen MR) is 89.5 cm³/mol. The predicted octanol–water partition coefficient (Wildman–Crippen LogP) is 3.40. The summed E-state index contributed by atoms with van der Waals surface area (Å²) in [4.78, 5) is 16.6. The number of carbonyl (C=O) groups excluding carboxylic acids is 1. The maximum absolute atomic E-state index is 12.3. The normalized spacial score (nSPS) is 11.9. The molecule has 23 heavy (non-hydrogen) atoms. The minimum absolute atomic E-state index is 0.0391. The molecule has 1 atom stereocenters. The molecule has 0 radical (unpaired) electrons. The number of carbonyl (C=O) groups is 1. The fraction of sp³-hybridized carbons (Fsp3) is 0.167. The molecule has 5 heteroatoms. The van der Waals surface area contributed by atoms with Crippen LogP contribution in [0.5, 0.6) is 0 Å². The number of nitrogens with one attached hydrogen (secondary N) is 1. The lowest BCUT2D eigenvalue weighted by Gasteiger charge is -2.13. The van der Waals surface area contributed by atoms with Gasteiger partial charge in [-0.25, -0.2) is 9.67 Å². The summed E-state index contributed by atoms with van der Waals surface area (Å²) in [7, 11) is 0. The Morgan fingerprint density at radius 1 is 1.13 bits per heavy atom. The molecule has 0 aliphatic carbocycles. The van der Waals surface area contributed by atoms with Gasteiger partial charge in [0.15, 0.2) is 5.82 Å². The lowest BCUT2D eigenvalue weighted by molar-refractivity contribution is -0.116. The second kappa shape index (κ2) is 6.87. The molecule has 5 nitrogen and oxygen atoms in total. The number of rotatable bonds is 5. The van der Waals surface area contributed by atoms with E-state index in [0.29, 0.717) is 17.9 Å². The topological polar surface area (TPSA) is 59.8 Å². The maximum atomic E-state index is 12.3. The van der Waals surface area contributed by atoms with Crippen molar-refractivity contribution in [3.63, 3.8) is 0 Å². The molecular formula is C18H18N4O. The number of hydrogen-bond donors (Lipinski definition) is 1. The average molecular weight is 306 g/mol. The summed E-state index contributed by atoms with van der Waals surface area (Å²) in [6.07, 6.45) is 5.57. The lowest BCUT2D eigenvalue weighted by atomic mass is 9.97. The molecule has 0 saturated heterocycles. The fourth-order valence-corrected chi connectivity index (χ4v) is 2.45. The van der Waals surface area contributed by atoms with Crippen molar-refractivity contribution in [3.05, 3.63) is 72.7 Å². The average Bonchev–Trinajstić information content (AvgIpc) is 3.10. The van der Waals surface area contributed by atoms with E-state index < -0.39 is 0 Å². The Balaban J connectivity index is 1.72. The van der Waals surface area contributed by atoms with Crippen LogP contribution in [0.2, 0.25) is 0 Å². The maximum Gasteiger partial charge on any atom is 0.225 e. The van der Waals surface area contributed by atoms with Gasteiger partial charge in [0.05, 0.1) is 5.69 Å². The van der Waals surface area contributed by atoms with Crippen molar-refractivity contribution >= 4 is 11.6 Å². The zero-order valence-electron chi connectivity index (χ0n) is 12.9. The smallest absolute Gasteiger partial charge is 0.225 e. The highest BCUT2D eigenvalue weighted by Gasteiger charge is 2.13. The van der Waals surface area contributed by atoms with Crippen molar-refractivity contribution in [2.45, 2.75) is 19.3 Å². The van der Waals surface area contributed by atoms with E-state index in [1.807, 2.05) is 49.4 Å². The largest absolute Gasteiger partial charge is 0.323 e. The van der Waals surface area contributed by atoms with Gasteiger partial charge in [0, 0.05) is 25.0 Å². The summed E-state index contributed by atoms with van der Waals surface area (Å²) >= 11 is 0. The van der Waals surface area contributed by atoms with Crippen LogP contribution >= 0.6 is 0 Å². The Morgan fingerprint density at radius 2 is 1.96 bits per heavy atom. The van der Waals surface area contributed by atoms with E-state index in [1.54, 1.807) is 29.3 Å². The minimum Gasteiger partial charge on any atom is -0.323 e. The number of pyridine rings is 1. The second-order valence-corrected chi connectivity index (χ2v) is 5.39. The van der Waals surface area contributed by atoms with Crippen LogP contribution in [0.25, 0.3) is 5.82 Å². The zero-order chi connectivity index (χ0) is 16.1. The van der Waals surface area contributed by atoms with E-state index in [-0.39, 0.29) is 11.8 Å². The van der Waals surface area contributed by atoms with E-state index in [0.717, 1.165) is 5.56 Å². The van der Waals surface area contributed by atoms with Gasteiger partial charge in [0.25, 0.3) is 0 Å². The van der Waals surface area contributed by atoms with Gasteiger partial charge in [-0.1, -0.05) is 37.3 Å². The molecule has 1 amide bonds. The SMILES string of the molecule is C[C@H](CC(=O)Nc1cccnc1-n1cccn1)c1ccccc1. The van der Waals surface area contributed by atoms with Crippen LogP contribution in [0.15, 0.2) is 67.1 Å². The lowest BCUT2D eigenvalue weighted by Crippen LogP contribution is -2.16. The number of aromatic nitrogens is 3. The molecule has 0 aliphatic rings. The minimum atomic E-state index is -0.0391. The van der Waals surface area contributed by atoms with Crippen LogP contribution in [-0.4, -0.2) is 20.7 Å². The molecule has 0 saturated carbocycles. The Bertz CT molecular complexity index is 769. The quantitative estimate of drug-likeness (QED) is 0.786. The zero-order valence-corrected chi connectivity index (χ0v) is 12.9. The van der Waals surface area contributed by atoms with Crippen LogP contribution in [0.4, 0.5) is 5.69 Å². The van der Waals surface area contributed by atoms with Crippen LogP contribution in [0.1, 0.15) is 24.8 Å². The van der Waals surface area contributed by atoms with Gasteiger partial charge >= 0.3 is 0 Å². The van der Waals surface area contributed by atoms with Gasteiger partial charge in [-0.05, 0) is 29.7 Å². The summed E-state index contributed by atoms with van der Waals surface area (Å²) in [5.74, 6) is 0.724. The van der Waals surface area contributed by atoms with E-state index in [4.69, 9.17) is 0 Å². The molecule has 1 aromatic carbocycles. The van der Waals surface area contributed by atoms with Crippen molar-refractivity contribution < 1.29 is 4.79 Å². The van der Waals surface area contributed by atoms with E-state index in [2.05, 4.69) is 15.4 Å². The van der Waals surface area contributed by atoms with E-state index >= 15 is 0 Å². The van der Waals surface area contributed by atoms with Gasteiger partial charge in [-0.2, -0.15) is 5.10 Å². The van der Waals surface area contributed by atoms with Crippen molar-refractivity contribution in [3.8, 4) is 5.82 Å². The van der Waals surface area contributed by atoms with Crippen molar-refractivity contribution in [2.75, 3.05) is 5.32 Å². The Morgan fingerprint density at radius 3 is 2.70 bits per heavy atom. The molecule has 2 heterocycles. The molecule has 2 aromatic heterocycles. The molecule has 116 valence electrons. The molecular weight excluding hydrogens is 288 g/mol. The number of hydrogen-bond acceptors (Lipinski definition) is 3. The first kappa shape index (κ1) is 15.0. The third-order valence-electron chi connectivity index (χ3n) is 3.64. The van der Waals surface area contributed by atoms with E-state index in [9.17, 15) is 4.79 Å². The third kappa shape index (κ3) is 3.63. The second-order valence-electron chi connectivity index (χ2n) is 5.39. The highest BCUT2D eigenvalue weighted by atomic mass is 16.1. The number of anilines is 1. The summed E-state index contributed by atoms with van der Waals surface area (Å²) in [6.45, 7) is 2.05. The first-order chi connectivity index (χ1) is 11.2. The van der Waals surface area contributed by atoms with Crippen LogP contribution in [0, 0.1) is 0 Å². The van der Waals surface area contributed by atoms with Gasteiger partial charge in [0.1, 0.15) is 0 Å². The molecule has 0 fully saturated rings. The first-order valence-electron chi connectivity index (χ1n) is 7.54. The number of benzene rings is 1. The number of amides is 1. The van der Waals surface area contributed by atoms with Gasteiger partial charge in [0.2, 0.25) is 5.91 Å². The molecule has 0 unspecified atom stereocenters. The van der Waals surface area contributed by atoms with Gasteiger partial charge in [-0.15, -0.1) is 0 Å². The highest BCUT2D eigenvalue weighted by molar-refractivity contribution is 5.92. The monoisotopic (exact) mass is 306 g/mol. The van der Waals surface area contributed by atoms with Crippen molar-refractivity contribution in [1.82, 2.24) is 14.8 Å². The van der Waals surface area contributed by atoms with Crippen molar-refractivity contribution in [1.29, 1.82) is 0 Å². The van der Waals surface area contributed by atoms with Gasteiger partial charge in [-0.3, -0.25) is 4.79 Å². The number of nitrogens with zero attached hydrogens (tertiary/aromatic N) is 3. The third-order valence-corrected chi connectivity index (χ3v) is 3.64. The summed E-state index contributed by atoms with van der Waals surface area (Å²) in [5, 5.41) is 7.10. The molecule has 0 spiro atoms.